The summed E-state index contributed by atoms with van der Waals surface area (Å²) >= 11 is 0. The van der Waals surface area contributed by atoms with Crippen LogP contribution in [0.1, 0.15) is 35.4 Å². The van der Waals surface area contributed by atoms with Gasteiger partial charge in [0.1, 0.15) is 0 Å². The van der Waals surface area contributed by atoms with Gasteiger partial charge in [0.15, 0.2) is 5.69 Å². The molecule has 0 spiro atoms. The summed E-state index contributed by atoms with van der Waals surface area (Å²) in [6.07, 6.45) is 7.60. The molecule has 136 valence electrons. The van der Waals surface area contributed by atoms with Gasteiger partial charge in [0.05, 0.1) is 0 Å². The standard InChI is InChI=1S/C18H27N5O2/c1-14-12-16(20-21(14)2)17(24)23(13-15-6-4-3-5-7-15)11-10-22-9-8-19-18(22)25/h3-4,12,15H,5-11,13H2,1-2H3,(H,19,25)/t15-/m0/s1. The average molecular weight is 345 g/mol. The lowest BCUT2D eigenvalue weighted by Crippen LogP contribution is -2.42. The maximum atomic E-state index is 13.0. The third-order valence-corrected chi connectivity index (χ3v) is 5.06. The summed E-state index contributed by atoms with van der Waals surface area (Å²) in [5.41, 5.74) is 1.44. The van der Waals surface area contributed by atoms with Crippen molar-refractivity contribution in [2.75, 3.05) is 32.7 Å². The van der Waals surface area contributed by atoms with Gasteiger partial charge in [-0.25, -0.2) is 4.79 Å². The summed E-state index contributed by atoms with van der Waals surface area (Å²) in [7, 11) is 1.84. The van der Waals surface area contributed by atoms with E-state index in [1.54, 1.807) is 9.58 Å². The maximum Gasteiger partial charge on any atom is 0.317 e. The highest BCUT2D eigenvalue weighted by atomic mass is 16.2. The number of aromatic nitrogens is 2. The SMILES string of the molecule is Cc1cc(C(=O)N(CCN2CCNC2=O)C[C@H]2CC=CCC2)nn1C. The smallest absolute Gasteiger partial charge is 0.317 e. The van der Waals surface area contributed by atoms with Crippen molar-refractivity contribution in [3.05, 3.63) is 29.6 Å². The molecule has 1 aliphatic carbocycles. The first-order chi connectivity index (χ1) is 12.0. The third-order valence-electron chi connectivity index (χ3n) is 5.06. The van der Waals surface area contributed by atoms with Crippen molar-refractivity contribution in [1.29, 1.82) is 0 Å². The van der Waals surface area contributed by atoms with Gasteiger partial charge >= 0.3 is 6.03 Å². The highest BCUT2D eigenvalue weighted by Gasteiger charge is 2.25. The van der Waals surface area contributed by atoms with E-state index in [2.05, 4.69) is 22.6 Å². The minimum absolute atomic E-state index is 0.0401. The van der Waals surface area contributed by atoms with Crippen molar-refractivity contribution >= 4 is 11.9 Å². The number of carbonyl (C=O) groups excluding carboxylic acids is 2. The van der Waals surface area contributed by atoms with Crippen LogP contribution in [0, 0.1) is 12.8 Å². The molecule has 0 aromatic carbocycles. The maximum absolute atomic E-state index is 13.0. The summed E-state index contributed by atoms with van der Waals surface area (Å²) in [5, 5.41) is 7.14. The normalized spacial score (nSPS) is 20.0. The minimum atomic E-state index is -0.0436. The van der Waals surface area contributed by atoms with E-state index >= 15 is 0 Å². The number of nitrogens with one attached hydrogen (secondary N) is 1. The molecule has 1 aliphatic heterocycles. The van der Waals surface area contributed by atoms with Crippen LogP contribution in [0.15, 0.2) is 18.2 Å². The number of aryl methyl sites for hydroxylation is 2. The quantitative estimate of drug-likeness (QED) is 0.795. The van der Waals surface area contributed by atoms with Crippen LogP contribution in [0.3, 0.4) is 0 Å². The Bertz CT molecular complexity index is 647. The second kappa shape index (κ2) is 7.72. The number of amides is 3. The zero-order chi connectivity index (χ0) is 17.8. The van der Waals surface area contributed by atoms with Gasteiger partial charge in [-0.2, -0.15) is 5.10 Å². The lowest BCUT2D eigenvalue weighted by Gasteiger charge is -2.29. The molecule has 1 N–H and O–H groups in total. The number of urea groups is 1. The number of rotatable bonds is 6. The first kappa shape index (κ1) is 17.5. The summed E-state index contributed by atoms with van der Waals surface area (Å²) in [6.45, 7) is 5.15. The molecular formula is C18H27N5O2. The van der Waals surface area contributed by atoms with Crippen molar-refractivity contribution in [3.63, 3.8) is 0 Å². The second-order valence-corrected chi connectivity index (χ2v) is 6.92. The van der Waals surface area contributed by atoms with Gasteiger partial charge in [0, 0.05) is 45.5 Å². The van der Waals surface area contributed by atoms with Crippen LogP contribution in [0.25, 0.3) is 0 Å². The monoisotopic (exact) mass is 345 g/mol. The molecule has 0 bridgehead atoms. The molecule has 3 rings (SSSR count). The predicted molar refractivity (Wildman–Crippen MR) is 95.3 cm³/mol. The summed E-state index contributed by atoms with van der Waals surface area (Å²) in [4.78, 5) is 28.4. The van der Waals surface area contributed by atoms with E-state index in [1.165, 1.54) is 0 Å². The Balaban J connectivity index is 1.69. The molecule has 2 heterocycles. The molecular weight excluding hydrogens is 318 g/mol. The Morgan fingerprint density at radius 2 is 2.28 bits per heavy atom. The van der Waals surface area contributed by atoms with Gasteiger partial charge in [-0.1, -0.05) is 12.2 Å². The summed E-state index contributed by atoms with van der Waals surface area (Å²) in [6, 6.07) is 1.79. The van der Waals surface area contributed by atoms with E-state index in [1.807, 2.05) is 24.9 Å². The molecule has 1 aromatic rings. The molecule has 1 aromatic heterocycles. The fourth-order valence-corrected chi connectivity index (χ4v) is 3.40. The molecule has 1 atom stereocenters. The van der Waals surface area contributed by atoms with Crippen molar-refractivity contribution < 1.29 is 9.59 Å². The molecule has 2 aliphatic rings. The molecule has 1 fully saturated rings. The second-order valence-electron chi connectivity index (χ2n) is 6.92. The lowest BCUT2D eigenvalue weighted by molar-refractivity contribution is 0.0704. The Morgan fingerprint density at radius 1 is 1.44 bits per heavy atom. The molecule has 0 saturated carbocycles. The number of carbonyl (C=O) groups is 2. The largest absolute Gasteiger partial charge is 0.336 e. The number of allylic oxidation sites excluding steroid dienone is 2. The van der Waals surface area contributed by atoms with Gasteiger partial charge < -0.3 is 15.1 Å². The first-order valence-electron chi connectivity index (χ1n) is 9.02. The van der Waals surface area contributed by atoms with Gasteiger partial charge in [0.25, 0.3) is 5.91 Å². The topological polar surface area (TPSA) is 70.5 Å². The van der Waals surface area contributed by atoms with Gasteiger partial charge in [-0.05, 0) is 38.2 Å². The number of hydrogen-bond donors (Lipinski definition) is 1. The van der Waals surface area contributed by atoms with E-state index < -0.39 is 0 Å². The number of nitrogens with zero attached hydrogens (tertiary/aromatic N) is 4. The minimum Gasteiger partial charge on any atom is -0.336 e. The molecule has 25 heavy (non-hydrogen) atoms. The van der Waals surface area contributed by atoms with Crippen LogP contribution in [0.4, 0.5) is 4.79 Å². The van der Waals surface area contributed by atoms with E-state index in [4.69, 9.17) is 0 Å². The van der Waals surface area contributed by atoms with Crippen LogP contribution in [-0.4, -0.2) is 64.2 Å². The Hall–Kier alpha value is -2.31. The molecule has 3 amide bonds. The van der Waals surface area contributed by atoms with E-state index in [9.17, 15) is 9.59 Å². The number of hydrogen-bond acceptors (Lipinski definition) is 3. The molecule has 1 saturated heterocycles. The van der Waals surface area contributed by atoms with E-state index in [0.29, 0.717) is 44.3 Å². The average Bonchev–Trinajstić information content (AvgIpc) is 3.17. The Morgan fingerprint density at radius 3 is 2.88 bits per heavy atom. The van der Waals surface area contributed by atoms with Crippen molar-refractivity contribution in [2.45, 2.75) is 26.2 Å². The molecule has 0 radical (unpaired) electrons. The van der Waals surface area contributed by atoms with Crippen molar-refractivity contribution in [1.82, 2.24) is 24.9 Å². The molecule has 7 nitrogen and oxygen atoms in total. The highest BCUT2D eigenvalue weighted by Crippen LogP contribution is 2.20. The highest BCUT2D eigenvalue weighted by molar-refractivity contribution is 5.92. The van der Waals surface area contributed by atoms with Crippen molar-refractivity contribution in [2.24, 2.45) is 13.0 Å². The molecule has 7 heteroatoms. The van der Waals surface area contributed by atoms with E-state index in [-0.39, 0.29) is 11.9 Å². The van der Waals surface area contributed by atoms with Crippen molar-refractivity contribution in [3.8, 4) is 0 Å². The zero-order valence-corrected chi connectivity index (χ0v) is 15.1. The van der Waals surface area contributed by atoms with E-state index in [0.717, 1.165) is 25.0 Å². The molecule has 0 unspecified atom stereocenters. The third kappa shape index (κ3) is 4.21. The summed E-state index contributed by atoms with van der Waals surface area (Å²) < 4.78 is 1.72. The van der Waals surface area contributed by atoms with Crippen LogP contribution in [0.5, 0.6) is 0 Å². The van der Waals surface area contributed by atoms with Gasteiger partial charge in [0.2, 0.25) is 0 Å². The predicted octanol–water partition coefficient (Wildman–Crippen LogP) is 1.55. The van der Waals surface area contributed by atoms with Gasteiger partial charge in [-0.3, -0.25) is 9.48 Å². The Labute approximate surface area is 148 Å². The van der Waals surface area contributed by atoms with Crippen LogP contribution < -0.4 is 5.32 Å². The first-order valence-corrected chi connectivity index (χ1v) is 9.02. The zero-order valence-electron chi connectivity index (χ0n) is 15.1. The fourth-order valence-electron chi connectivity index (χ4n) is 3.40. The summed E-state index contributed by atoms with van der Waals surface area (Å²) in [5.74, 6) is 0.434. The van der Waals surface area contributed by atoms with Crippen LogP contribution in [0.2, 0.25) is 0 Å². The van der Waals surface area contributed by atoms with Crippen LogP contribution >= 0.6 is 0 Å². The van der Waals surface area contributed by atoms with Crippen LogP contribution in [-0.2, 0) is 7.05 Å². The fraction of sp³-hybridized carbons (Fsp3) is 0.611. The lowest BCUT2D eigenvalue weighted by atomic mass is 9.94. The Kier molecular flexibility index (Phi) is 5.40. The van der Waals surface area contributed by atoms with Gasteiger partial charge in [-0.15, -0.1) is 0 Å².